The Bertz CT molecular complexity index is 1290. The van der Waals surface area contributed by atoms with E-state index in [0.29, 0.717) is 23.5 Å². The molecule has 5 rings (SSSR count). The Morgan fingerprint density at radius 2 is 1.97 bits per heavy atom. The zero-order valence-corrected chi connectivity index (χ0v) is 20.0. The van der Waals surface area contributed by atoms with Crippen LogP contribution in [0.4, 0.5) is 0 Å². The summed E-state index contributed by atoms with van der Waals surface area (Å²) in [5, 5.41) is 8.17. The molecule has 4 aromatic rings. The maximum absolute atomic E-state index is 12.9. The molecule has 170 valence electrons. The van der Waals surface area contributed by atoms with E-state index in [-0.39, 0.29) is 12.2 Å². The Morgan fingerprint density at radius 1 is 1.15 bits per heavy atom. The number of thiazole rings is 1. The van der Waals surface area contributed by atoms with Crippen LogP contribution in [0, 0.1) is 0 Å². The Hall–Kier alpha value is -2.97. The molecule has 0 radical (unpaired) electrons. The van der Waals surface area contributed by atoms with Gasteiger partial charge in [0.15, 0.2) is 5.78 Å². The molecule has 8 heteroatoms. The van der Waals surface area contributed by atoms with Crippen LogP contribution in [0.15, 0.2) is 42.2 Å². The quantitative estimate of drug-likeness (QED) is 0.394. The molecule has 0 spiro atoms. The van der Waals surface area contributed by atoms with Gasteiger partial charge in [-0.3, -0.25) is 9.48 Å². The zero-order chi connectivity index (χ0) is 22.9. The van der Waals surface area contributed by atoms with E-state index in [4.69, 9.17) is 4.98 Å². The highest BCUT2D eigenvalue weighted by Crippen LogP contribution is 2.31. The van der Waals surface area contributed by atoms with Crippen molar-refractivity contribution >= 4 is 28.0 Å². The molecular weight excluding hydrogens is 432 g/mol. The second-order valence-corrected chi connectivity index (χ2v) is 9.93. The lowest BCUT2D eigenvalue weighted by Gasteiger charge is -2.33. The molecule has 0 saturated carbocycles. The van der Waals surface area contributed by atoms with Gasteiger partial charge < -0.3 is 4.90 Å². The van der Waals surface area contributed by atoms with Crippen LogP contribution in [0.2, 0.25) is 0 Å². The Balaban J connectivity index is 1.29. The van der Waals surface area contributed by atoms with Crippen LogP contribution in [0.1, 0.15) is 53.9 Å². The molecule has 1 aromatic carbocycles. The molecule has 7 nitrogen and oxygen atoms in total. The van der Waals surface area contributed by atoms with Gasteiger partial charge in [-0.15, -0.1) is 11.3 Å². The van der Waals surface area contributed by atoms with Crippen molar-refractivity contribution in [3.05, 3.63) is 58.7 Å². The highest BCUT2D eigenvalue weighted by molar-refractivity contribution is 7.09. The molecule has 0 atom stereocenters. The van der Waals surface area contributed by atoms with Crippen LogP contribution in [0.3, 0.4) is 0 Å². The molecule has 1 aliphatic heterocycles. The largest absolute Gasteiger partial charge is 0.301 e. The summed E-state index contributed by atoms with van der Waals surface area (Å²) in [4.78, 5) is 29.2. The van der Waals surface area contributed by atoms with Crippen molar-refractivity contribution in [1.82, 2.24) is 29.6 Å². The number of nitrogens with zero attached hydrogens (tertiary/aromatic N) is 6. The highest BCUT2D eigenvalue weighted by Gasteiger charge is 2.25. The van der Waals surface area contributed by atoms with Crippen molar-refractivity contribution in [2.75, 3.05) is 13.1 Å². The van der Waals surface area contributed by atoms with Crippen LogP contribution < -0.4 is 0 Å². The molecule has 4 heterocycles. The van der Waals surface area contributed by atoms with Crippen molar-refractivity contribution in [1.29, 1.82) is 0 Å². The van der Waals surface area contributed by atoms with Crippen molar-refractivity contribution < 1.29 is 4.79 Å². The van der Waals surface area contributed by atoms with Crippen molar-refractivity contribution in [2.24, 2.45) is 7.05 Å². The van der Waals surface area contributed by atoms with Crippen LogP contribution in [0.5, 0.6) is 0 Å². The number of aromatic nitrogens is 5. The number of carbonyl (C=O) groups is 1. The fourth-order valence-electron chi connectivity index (χ4n) is 4.40. The number of Topliss-reactive ketones (excluding diaryl/α,β-unsaturated/α-hetero) is 1. The molecule has 1 saturated heterocycles. The minimum absolute atomic E-state index is 0.0279. The normalized spacial score (nSPS) is 15.5. The number of likely N-dealkylation sites (tertiary alicyclic amines) is 1. The molecule has 0 unspecified atom stereocenters. The van der Waals surface area contributed by atoms with Gasteiger partial charge >= 0.3 is 0 Å². The first-order valence-corrected chi connectivity index (χ1v) is 12.3. The minimum Gasteiger partial charge on any atom is -0.301 e. The Kier molecular flexibility index (Phi) is 6.03. The molecule has 0 bridgehead atoms. The fourth-order valence-corrected chi connectivity index (χ4v) is 5.39. The number of fused-ring (bicyclic) bond motifs is 1. The van der Waals surface area contributed by atoms with E-state index in [9.17, 15) is 4.79 Å². The topological polar surface area (TPSA) is 76.8 Å². The summed E-state index contributed by atoms with van der Waals surface area (Å²) in [7, 11) is 1.90. The molecule has 0 N–H and O–H groups in total. The van der Waals surface area contributed by atoms with Gasteiger partial charge in [-0.05, 0) is 51.4 Å². The maximum atomic E-state index is 12.9. The predicted molar refractivity (Wildman–Crippen MR) is 131 cm³/mol. The first-order valence-electron chi connectivity index (χ1n) is 11.4. The highest BCUT2D eigenvalue weighted by atomic mass is 32.1. The van der Waals surface area contributed by atoms with E-state index in [1.54, 1.807) is 22.2 Å². The van der Waals surface area contributed by atoms with Crippen molar-refractivity contribution in [3.63, 3.8) is 0 Å². The van der Waals surface area contributed by atoms with Crippen LogP contribution >= 0.6 is 11.3 Å². The van der Waals surface area contributed by atoms with E-state index < -0.39 is 0 Å². The molecule has 0 amide bonds. The summed E-state index contributed by atoms with van der Waals surface area (Å²) in [6.45, 7) is 6.68. The molecule has 1 aliphatic rings. The van der Waals surface area contributed by atoms with Crippen LogP contribution in [0.25, 0.3) is 22.0 Å². The number of benzene rings is 1. The van der Waals surface area contributed by atoms with E-state index >= 15 is 0 Å². The summed E-state index contributed by atoms with van der Waals surface area (Å²) in [5.41, 5.74) is 3.43. The maximum Gasteiger partial charge on any atom is 0.189 e. The van der Waals surface area contributed by atoms with Gasteiger partial charge in [0, 0.05) is 47.7 Å². The second kappa shape index (κ2) is 9.11. The minimum atomic E-state index is -0.0279. The van der Waals surface area contributed by atoms with Crippen molar-refractivity contribution in [3.8, 4) is 11.1 Å². The van der Waals surface area contributed by atoms with E-state index in [1.165, 1.54) is 0 Å². The lowest BCUT2D eigenvalue weighted by atomic mass is 9.96. The summed E-state index contributed by atoms with van der Waals surface area (Å²) in [6, 6.07) is 6.64. The number of hydrogen-bond donors (Lipinski definition) is 0. The monoisotopic (exact) mass is 460 g/mol. The van der Waals surface area contributed by atoms with Gasteiger partial charge in [-0.1, -0.05) is 12.1 Å². The lowest BCUT2D eigenvalue weighted by Crippen LogP contribution is -2.37. The summed E-state index contributed by atoms with van der Waals surface area (Å²) < 4.78 is 1.78. The first kappa shape index (κ1) is 21.9. The second-order valence-electron chi connectivity index (χ2n) is 9.04. The van der Waals surface area contributed by atoms with Crippen LogP contribution in [-0.4, -0.2) is 54.5 Å². The third-order valence-electron chi connectivity index (χ3n) is 6.41. The third-order valence-corrected chi connectivity index (χ3v) is 7.41. The van der Waals surface area contributed by atoms with E-state index in [0.717, 1.165) is 53.0 Å². The number of hydrogen-bond acceptors (Lipinski definition) is 7. The first-order chi connectivity index (χ1) is 16.0. The zero-order valence-electron chi connectivity index (χ0n) is 19.2. The number of piperidine rings is 1. The number of ketones is 1. The lowest BCUT2D eigenvalue weighted by molar-refractivity contribution is 0.0986. The smallest absolute Gasteiger partial charge is 0.189 e. The van der Waals surface area contributed by atoms with E-state index in [2.05, 4.69) is 33.8 Å². The molecular formula is C25H28N6OS. The number of rotatable bonds is 6. The van der Waals surface area contributed by atoms with Gasteiger partial charge in [-0.2, -0.15) is 5.10 Å². The summed E-state index contributed by atoms with van der Waals surface area (Å²) in [5.74, 6) is 0.949. The molecule has 1 fully saturated rings. The fraction of sp³-hybridized carbons (Fsp3) is 0.400. The van der Waals surface area contributed by atoms with Crippen molar-refractivity contribution in [2.45, 2.75) is 45.1 Å². The Morgan fingerprint density at radius 3 is 2.70 bits per heavy atom. The number of carbonyl (C=O) groups excluding carboxylic acids is 1. The molecule has 0 aliphatic carbocycles. The Labute approximate surface area is 197 Å². The summed E-state index contributed by atoms with van der Waals surface area (Å²) in [6.07, 6.45) is 7.95. The standard InChI is InChI=1S/C25H28N6OS/c1-16(2)31-8-6-17(7-9-31)25-29-22(15-33-25)23(32)11-24-26-12-19-5-4-18(10-21(19)28-24)20-13-27-30(3)14-20/h4-5,10,12-17H,6-9,11H2,1-3H3. The summed E-state index contributed by atoms with van der Waals surface area (Å²) >= 11 is 1.61. The average molecular weight is 461 g/mol. The van der Waals surface area contributed by atoms with Gasteiger partial charge in [0.2, 0.25) is 0 Å². The molecule has 33 heavy (non-hydrogen) atoms. The van der Waals surface area contributed by atoms with Gasteiger partial charge in [0.25, 0.3) is 0 Å². The predicted octanol–water partition coefficient (Wildman–Crippen LogP) is 4.50. The number of aryl methyl sites for hydroxylation is 1. The van der Waals surface area contributed by atoms with E-state index in [1.807, 2.05) is 43.0 Å². The van der Waals surface area contributed by atoms with Gasteiger partial charge in [0.05, 0.1) is 23.1 Å². The third kappa shape index (κ3) is 4.72. The average Bonchev–Trinajstić information content (AvgIpc) is 3.48. The SMILES string of the molecule is CC(C)N1CCC(c2nc(C(=O)Cc3ncc4ccc(-c5cnn(C)c5)cc4n3)cs2)CC1. The van der Waals surface area contributed by atoms with Gasteiger partial charge in [0.1, 0.15) is 11.5 Å². The van der Waals surface area contributed by atoms with Crippen LogP contribution in [-0.2, 0) is 13.5 Å². The molecule has 3 aromatic heterocycles. The van der Waals surface area contributed by atoms with Gasteiger partial charge in [-0.25, -0.2) is 15.0 Å².